The van der Waals surface area contributed by atoms with Crippen LogP contribution in [0.15, 0.2) is 43.0 Å². The molecule has 1 saturated heterocycles. The van der Waals surface area contributed by atoms with E-state index < -0.39 is 0 Å². The topological polar surface area (TPSA) is 30.3 Å². The van der Waals surface area contributed by atoms with Crippen LogP contribution in [0.2, 0.25) is 0 Å². The highest BCUT2D eigenvalue weighted by atomic mass is 16.5. The molecule has 1 fully saturated rings. The number of hydrogen-bond donors (Lipinski definition) is 0. The van der Waals surface area contributed by atoms with Gasteiger partial charge in [-0.25, -0.2) is 4.98 Å². The summed E-state index contributed by atoms with van der Waals surface area (Å²) in [5.74, 6) is 2.27. The van der Waals surface area contributed by atoms with Crippen molar-refractivity contribution in [3.8, 4) is 5.75 Å². The second-order valence-corrected chi connectivity index (χ2v) is 7.00. The molecule has 0 aliphatic carbocycles. The van der Waals surface area contributed by atoms with Gasteiger partial charge in [0.25, 0.3) is 0 Å². The molecule has 23 heavy (non-hydrogen) atoms. The molecule has 1 aromatic heterocycles. The molecular formula is C19H27N3O. The summed E-state index contributed by atoms with van der Waals surface area (Å²) in [6, 6.07) is 8.54. The fourth-order valence-electron chi connectivity index (χ4n) is 3.15. The van der Waals surface area contributed by atoms with Gasteiger partial charge in [0, 0.05) is 32.0 Å². The zero-order valence-corrected chi connectivity index (χ0v) is 14.2. The van der Waals surface area contributed by atoms with Crippen LogP contribution in [0.3, 0.4) is 0 Å². The van der Waals surface area contributed by atoms with Gasteiger partial charge in [-0.1, -0.05) is 26.0 Å². The minimum atomic E-state index is 0.557. The largest absolute Gasteiger partial charge is 0.493 e. The van der Waals surface area contributed by atoms with Gasteiger partial charge in [-0.3, -0.25) is 4.90 Å². The van der Waals surface area contributed by atoms with E-state index in [2.05, 4.69) is 58.8 Å². The Bertz CT molecular complexity index is 594. The maximum Gasteiger partial charge on any atom is 0.119 e. The standard InChI is InChI=1S/C19H27N3O/c1-16(2)14-23-19-5-3-4-17(10-19)11-21-8-6-18(12-21)13-22-9-7-20-15-22/h3-5,7,9-10,15-16,18H,6,8,11-14H2,1-2H3. The number of hydrogen-bond acceptors (Lipinski definition) is 3. The Morgan fingerprint density at radius 3 is 3.04 bits per heavy atom. The van der Waals surface area contributed by atoms with Crippen molar-refractivity contribution in [1.82, 2.24) is 14.5 Å². The number of imidazole rings is 1. The first kappa shape index (κ1) is 16.1. The van der Waals surface area contributed by atoms with E-state index in [-0.39, 0.29) is 0 Å². The van der Waals surface area contributed by atoms with Crippen molar-refractivity contribution in [3.05, 3.63) is 48.5 Å². The van der Waals surface area contributed by atoms with Gasteiger partial charge in [0.1, 0.15) is 5.75 Å². The molecule has 1 aliphatic heterocycles. The Kier molecular flexibility index (Phi) is 5.34. The summed E-state index contributed by atoms with van der Waals surface area (Å²) in [6.07, 6.45) is 7.09. The summed E-state index contributed by atoms with van der Waals surface area (Å²) < 4.78 is 8.02. The number of ether oxygens (including phenoxy) is 1. The van der Waals surface area contributed by atoms with Crippen LogP contribution in [-0.2, 0) is 13.1 Å². The second-order valence-electron chi connectivity index (χ2n) is 7.00. The highest BCUT2D eigenvalue weighted by Crippen LogP contribution is 2.22. The first-order valence-corrected chi connectivity index (χ1v) is 8.59. The number of likely N-dealkylation sites (tertiary alicyclic amines) is 1. The Morgan fingerprint density at radius 1 is 1.35 bits per heavy atom. The first-order chi connectivity index (χ1) is 11.2. The Hall–Kier alpha value is -1.81. The first-order valence-electron chi connectivity index (χ1n) is 8.59. The van der Waals surface area contributed by atoms with Gasteiger partial charge >= 0.3 is 0 Å². The van der Waals surface area contributed by atoms with E-state index in [0.29, 0.717) is 5.92 Å². The van der Waals surface area contributed by atoms with Gasteiger partial charge in [-0.2, -0.15) is 0 Å². The lowest BCUT2D eigenvalue weighted by atomic mass is 10.1. The lowest BCUT2D eigenvalue weighted by Crippen LogP contribution is -2.21. The van der Waals surface area contributed by atoms with E-state index >= 15 is 0 Å². The molecule has 124 valence electrons. The third-order valence-corrected chi connectivity index (χ3v) is 4.29. The monoisotopic (exact) mass is 313 g/mol. The molecule has 4 heteroatoms. The van der Waals surface area contributed by atoms with Crippen LogP contribution >= 0.6 is 0 Å². The molecular weight excluding hydrogens is 286 g/mol. The van der Waals surface area contributed by atoms with Crippen LogP contribution in [0.1, 0.15) is 25.8 Å². The predicted molar refractivity (Wildman–Crippen MR) is 92.4 cm³/mol. The fourth-order valence-corrected chi connectivity index (χ4v) is 3.15. The lowest BCUT2D eigenvalue weighted by molar-refractivity contribution is 0.269. The average molecular weight is 313 g/mol. The van der Waals surface area contributed by atoms with Crippen LogP contribution in [0.25, 0.3) is 0 Å². The summed E-state index contributed by atoms with van der Waals surface area (Å²) >= 11 is 0. The summed E-state index contributed by atoms with van der Waals surface area (Å²) in [5.41, 5.74) is 1.34. The van der Waals surface area contributed by atoms with E-state index in [1.54, 1.807) is 0 Å². The maximum absolute atomic E-state index is 5.84. The minimum Gasteiger partial charge on any atom is -0.493 e. The van der Waals surface area contributed by atoms with Crippen molar-refractivity contribution in [3.63, 3.8) is 0 Å². The molecule has 0 radical (unpaired) electrons. The molecule has 0 saturated carbocycles. The van der Waals surface area contributed by atoms with Gasteiger partial charge in [0.2, 0.25) is 0 Å². The van der Waals surface area contributed by atoms with Gasteiger partial charge < -0.3 is 9.30 Å². The molecule has 3 rings (SSSR count). The van der Waals surface area contributed by atoms with E-state index in [9.17, 15) is 0 Å². The molecule has 0 N–H and O–H groups in total. The highest BCUT2D eigenvalue weighted by molar-refractivity contribution is 5.28. The summed E-state index contributed by atoms with van der Waals surface area (Å²) in [6.45, 7) is 9.56. The molecule has 2 heterocycles. The minimum absolute atomic E-state index is 0.557. The van der Waals surface area contributed by atoms with Crippen molar-refractivity contribution >= 4 is 0 Å². The molecule has 1 aromatic carbocycles. The maximum atomic E-state index is 5.84. The Labute approximate surface area is 139 Å². The van der Waals surface area contributed by atoms with Crippen molar-refractivity contribution in [2.45, 2.75) is 33.4 Å². The third kappa shape index (κ3) is 4.83. The SMILES string of the molecule is CC(C)COc1cccc(CN2CCC(Cn3ccnc3)C2)c1. The Balaban J connectivity index is 1.50. The second kappa shape index (κ2) is 7.64. The zero-order chi connectivity index (χ0) is 16.1. The van der Waals surface area contributed by atoms with Crippen LogP contribution in [0.4, 0.5) is 0 Å². The van der Waals surface area contributed by atoms with Crippen LogP contribution < -0.4 is 4.74 Å². The molecule has 1 atom stereocenters. The van der Waals surface area contributed by atoms with Gasteiger partial charge in [0.05, 0.1) is 12.9 Å². The van der Waals surface area contributed by atoms with Gasteiger partial charge in [0.15, 0.2) is 0 Å². The van der Waals surface area contributed by atoms with Gasteiger partial charge in [-0.15, -0.1) is 0 Å². The molecule has 0 amide bonds. The van der Waals surface area contributed by atoms with E-state index in [1.165, 1.54) is 18.5 Å². The molecule has 4 nitrogen and oxygen atoms in total. The van der Waals surface area contributed by atoms with E-state index in [0.717, 1.165) is 37.9 Å². The summed E-state index contributed by atoms with van der Waals surface area (Å²) in [7, 11) is 0. The normalized spacial score (nSPS) is 18.7. The number of benzene rings is 1. The van der Waals surface area contributed by atoms with Crippen LogP contribution in [0, 0.1) is 11.8 Å². The van der Waals surface area contributed by atoms with Crippen molar-refractivity contribution in [2.75, 3.05) is 19.7 Å². The number of aromatic nitrogens is 2. The molecule has 0 spiro atoms. The number of rotatable bonds is 7. The average Bonchev–Trinajstić information content (AvgIpc) is 3.18. The number of nitrogens with zero attached hydrogens (tertiary/aromatic N) is 3. The van der Waals surface area contributed by atoms with Crippen molar-refractivity contribution in [2.24, 2.45) is 11.8 Å². The third-order valence-electron chi connectivity index (χ3n) is 4.29. The summed E-state index contributed by atoms with van der Waals surface area (Å²) in [5, 5.41) is 0. The van der Waals surface area contributed by atoms with E-state index in [1.807, 2.05) is 12.5 Å². The van der Waals surface area contributed by atoms with Crippen LogP contribution in [0.5, 0.6) is 5.75 Å². The van der Waals surface area contributed by atoms with Crippen molar-refractivity contribution < 1.29 is 4.74 Å². The van der Waals surface area contributed by atoms with E-state index in [4.69, 9.17) is 4.74 Å². The highest BCUT2D eigenvalue weighted by Gasteiger charge is 2.22. The smallest absolute Gasteiger partial charge is 0.119 e. The Morgan fingerprint density at radius 2 is 2.26 bits per heavy atom. The quantitative estimate of drug-likeness (QED) is 0.784. The molecule has 0 bridgehead atoms. The predicted octanol–water partition coefficient (Wildman–Crippen LogP) is 3.44. The van der Waals surface area contributed by atoms with Gasteiger partial charge in [-0.05, 0) is 42.5 Å². The molecule has 2 aromatic rings. The summed E-state index contributed by atoms with van der Waals surface area (Å²) in [4.78, 5) is 6.67. The molecule has 1 aliphatic rings. The zero-order valence-electron chi connectivity index (χ0n) is 14.2. The van der Waals surface area contributed by atoms with Crippen LogP contribution in [-0.4, -0.2) is 34.1 Å². The fraction of sp³-hybridized carbons (Fsp3) is 0.526. The lowest BCUT2D eigenvalue weighted by Gasteiger charge is -2.17. The molecule has 1 unspecified atom stereocenters. The van der Waals surface area contributed by atoms with Crippen molar-refractivity contribution in [1.29, 1.82) is 0 Å².